The van der Waals surface area contributed by atoms with Crippen LogP contribution in [0.2, 0.25) is 0 Å². The molecule has 4 aromatic rings. The average Bonchev–Trinajstić information content (AvgIpc) is 3.01. The van der Waals surface area contributed by atoms with Gasteiger partial charge in [0, 0.05) is 40.9 Å². The standard InChI is InChI=1S/C28H38N2O2.C12H10O2.Cr/c1-27(2,3)21-13-9-11-19(25(21)31)17-29-23-15-7-8-16-24(23)30-18-20-12-10-14-22(26(20)32)28(4,5)6;13-10-6-8-12(9-7-10)14-11-4-2-1-3-5-11;/h9-14,17-18,23-24,31-32H,7-8,15-16H2,1-6H3;1-9,13H;/p-1. The number of hydrogen-bond donors (Lipinski definition) is 2. The van der Waals surface area contributed by atoms with Crippen LogP contribution in [-0.4, -0.2) is 34.7 Å². The van der Waals surface area contributed by atoms with Crippen molar-refractivity contribution < 1.29 is 37.4 Å². The maximum atomic E-state index is 10.8. The third kappa shape index (κ3) is 10.7. The summed E-state index contributed by atoms with van der Waals surface area (Å²) in [5, 5.41) is 32.3. The Morgan fingerprint density at radius 1 is 0.617 bits per heavy atom. The van der Waals surface area contributed by atoms with E-state index in [0.717, 1.165) is 53.7 Å². The fourth-order valence-corrected chi connectivity index (χ4v) is 5.47. The van der Waals surface area contributed by atoms with Crippen LogP contribution in [0, 0.1) is 0 Å². The van der Waals surface area contributed by atoms with E-state index in [9.17, 15) is 15.3 Å². The minimum atomic E-state index is -0.130. The molecule has 0 amide bonds. The Morgan fingerprint density at radius 3 is 1.47 bits per heavy atom. The van der Waals surface area contributed by atoms with Crippen LogP contribution in [-0.2, 0) is 28.2 Å². The number of aliphatic imine (C=N–C) groups is 2. The molecule has 1 saturated carbocycles. The Kier molecular flexibility index (Phi) is 13.3. The second-order valence-corrected chi connectivity index (χ2v) is 13.8. The third-order valence-corrected chi connectivity index (χ3v) is 8.06. The summed E-state index contributed by atoms with van der Waals surface area (Å²) >= 11 is 0. The van der Waals surface area contributed by atoms with Crippen LogP contribution >= 0.6 is 0 Å². The molecule has 0 heterocycles. The SMILES string of the molecule is CC(C)(C)c1cccc(C=NC2CCCCC2N=Cc2cccc(C(C)(C)C)c2O)c1O.[Cr].[O-]c1ccc(Oc2ccccc2)cc1. The predicted octanol–water partition coefficient (Wildman–Crippen LogP) is 9.09. The molecule has 0 saturated heterocycles. The largest absolute Gasteiger partial charge is 0.872 e. The van der Waals surface area contributed by atoms with Crippen LogP contribution in [0.3, 0.4) is 0 Å². The van der Waals surface area contributed by atoms with E-state index < -0.39 is 0 Å². The van der Waals surface area contributed by atoms with E-state index in [2.05, 4.69) is 41.5 Å². The summed E-state index contributed by atoms with van der Waals surface area (Å²) in [6, 6.07) is 27.6. The Hall–Kier alpha value is -4.05. The van der Waals surface area contributed by atoms with Crippen LogP contribution in [0.25, 0.3) is 0 Å². The molecule has 0 aromatic heterocycles. The van der Waals surface area contributed by atoms with Gasteiger partial charge in [-0.25, -0.2) is 0 Å². The van der Waals surface area contributed by atoms with Crippen LogP contribution in [0.5, 0.6) is 28.7 Å². The summed E-state index contributed by atoms with van der Waals surface area (Å²) in [6.07, 6.45) is 7.83. The van der Waals surface area contributed by atoms with Gasteiger partial charge in [-0.05, 0) is 71.2 Å². The van der Waals surface area contributed by atoms with Crippen LogP contribution in [0.15, 0.2) is 101 Å². The summed E-state index contributed by atoms with van der Waals surface area (Å²) in [7, 11) is 0. The number of rotatable bonds is 6. The molecular formula is C40H47CrN2O4-. The molecule has 248 valence electrons. The second kappa shape index (κ2) is 16.7. The van der Waals surface area contributed by atoms with E-state index in [1.807, 2.05) is 66.7 Å². The number of ether oxygens (including phenoxy) is 1. The molecule has 7 heteroatoms. The maximum Gasteiger partial charge on any atom is 0.128 e. The molecule has 47 heavy (non-hydrogen) atoms. The molecule has 2 N–H and O–H groups in total. The number of aromatic hydroxyl groups is 2. The molecule has 1 fully saturated rings. The van der Waals surface area contributed by atoms with Crippen molar-refractivity contribution in [2.24, 2.45) is 9.98 Å². The van der Waals surface area contributed by atoms with Gasteiger partial charge in [-0.1, -0.05) is 109 Å². The number of hydrogen-bond acceptors (Lipinski definition) is 6. The van der Waals surface area contributed by atoms with E-state index in [1.165, 1.54) is 12.1 Å². The number of benzene rings is 4. The number of phenols is 2. The zero-order valence-corrected chi connectivity index (χ0v) is 29.6. The zero-order valence-electron chi connectivity index (χ0n) is 28.3. The zero-order chi connectivity index (χ0) is 33.3. The molecule has 2 atom stereocenters. The van der Waals surface area contributed by atoms with Crippen LogP contribution in [0.1, 0.15) is 89.5 Å². The molecule has 6 nitrogen and oxygen atoms in total. The van der Waals surface area contributed by atoms with E-state index in [4.69, 9.17) is 14.7 Å². The monoisotopic (exact) mass is 671 g/mol. The van der Waals surface area contributed by atoms with E-state index >= 15 is 0 Å². The Bertz CT molecular complexity index is 1540. The van der Waals surface area contributed by atoms with Crippen LogP contribution < -0.4 is 9.84 Å². The summed E-state index contributed by atoms with van der Waals surface area (Å²) < 4.78 is 5.49. The predicted molar refractivity (Wildman–Crippen MR) is 187 cm³/mol. The molecule has 0 aliphatic heterocycles. The number of nitrogens with zero attached hydrogens (tertiary/aromatic N) is 2. The first-order valence-electron chi connectivity index (χ1n) is 16.0. The first-order valence-corrected chi connectivity index (χ1v) is 16.0. The van der Waals surface area contributed by atoms with E-state index in [1.54, 1.807) is 24.6 Å². The van der Waals surface area contributed by atoms with Crippen molar-refractivity contribution in [2.45, 2.75) is 90.1 Å². The van der Waals surface area contributed by atoms with Gasteiger partial charge in [0.1, 0.15) is 23.0 Å². The van der Waals surface area contributed by atoms with Gasteiger partial charge in [0.15, 0.2) is 0 Å². The summed E-state index contributed by atoms with van der Waals surface area (Å²) in [6.45, 7) is 12.6. The smallest absolute Gasteiger partial charge is 0.128 e. The Morgan fingerprint density at radius 2 is 1.04 bits per heavy atom. The van der Waals surface area contributed by atoms with Crippen molar-refractivity contribution >= 4 is 12.4 Å². The average molecular weight is 672 g/mol. The van der Waals surface area contributed by atoms with Crippen molar-refractivity contribution in [2.75, 3.05) is 0 Å². The molecule has 0 bridgehead atoms. The molecular weight excluding hydrogens is 624 g/mol. The normalized spacial score (nSPS) is 16.7. The minimum Gasteiger partial charge on any atom is -0.872 e. The quantitative estimate of drug-likeness (QED) is 0.200. The fourth-order valence-electron chi connectivity index (χ4n) is 5.47. The molecule has 5 rings (SSSR count). The molecule has 0 radical (unpaired) electrons. The summed E-state index contributed by atoms with van der Waals surface area (Å²) in [4.78, 5) is 9.70. The van der Waals surface area contributed by atoms with Gasteiger partial charge in [0.2, 0.25) is 0 Å². The van der Waals surface area contributed by atoms with Gasteiger partial charge in [-0.15, -0.1) is 5.75 Å². The van der Waals surface area contributed by atoms with Crippen molar-refractivity contribution in [3.05, 3.63) is 113 Å². The second-order valence-electron chi connectivity index (χ2n) is 13.8. The topological polar surface area (TPSA) is 97.5 Å². The maximum absolute atomic E-state index is 10.8. The molecule has 2 unspecified atom stereocenters. The van der Waals surface area contributed by atoms with Gasteiger partial charge in [-0.3, -0.25) is 9.98 Å². The van der Waals surface area contributed by atoms with Crippen LogP contribution in [0.4, 0.5) is 0 Å². The Balaban J connectivity index is 0.000000333. The summed E-state index contributed by atoms with van der Waals surface area (Å²) in [5.41, 5.74) is 3.09. The fraction of sp³-hybridized carbons (Fsp3) is 0.350. The van der Waals surface area contributed by atoms with E-state index in [0.29, 0.717) is 17.2 Å². The first-order chi connectivity index (χ1) is 21.8. The van der Waals surface area contributed by atoms with Gasteiger partial charge in [0.25, 0.3) is 0 Å². The third-order valence-electron chi connectivity index (χ3n) is 8.06. The summed E-state index contributed by atoms with van der Waals surface area (Å²) in [5.74, 6) is 2.06. The van der Waals surface area contributed by atoms with Gasteiger partial charge in [0.05, 0.1) is 12.1 Å². The minimum absolute atomic E-state index is 0. The van der Waals surface area contributed by atoms with Crippen molar-refractivity contribution in [1.29, 1.82) is 0 Å². The molecule has 0 spiro atoms. The van der Waals surface area contributed by atoms with Crippen molar-refractivity contribution in [3.8, 4) is 28.7 Å². The number of para-hydroxylation sites is 3. The first kappa shape index (κ1) is 37.4. The molecule has 4 aromatic carbocycles. The molecule has 1 aliphatic rings. The van der Waals surface area contributed by atoms with Gasteiger partial charge >= 0.3 is 0 Å². The van der Waals surface area contributed by atoms with Gasteiger partial charge < -0.3 is 20.1 Å². The number of phenolic OH excluding ortho intramolecular Hbond substituents is 2. The van der Waals surface area contributed by atoms with Gasteiger partial charge in [-0.2, -0.15) is 0 Å². The molecule has 1 aliphatic carbocycles. The van der Waals surface area contributed by atoms with E-state index in [-0.39, 0.29) is 46.0 Å². The Labute approximate surface area is 291 Å². The van der Waals surface area contributed by atoms with Crippen molar-refractivity contribution in [1.82, 2.24) is 0 Å². The van der Waals surface area contributed by atoms with Crippen molar-refractivity contribution in [3.63, 3.8) is 0 Å².